The molecule has 0 nitrogen and oxygen atoms in total. The molecule has 1 heteroatoms. The summed E-state index contributed by atoms with van der Waals surface area (Å²) in [4.78, 5) is 0. The fourth-order valence-electron chi connectivity index (χ4n) is 0.478. The van der Waals surface area contributed by atoms with Gasteiger partial charge >= 0.3 is 23.1 Å². The zero-order valence-corrected chi connectivity index (χ0v) is 6.22. The van der Waals surface area contributed by atoms with E-state index in [0.717, 1.165) is 5.56 Å². The van der Waals surface area contributed by atoms with Gasteiger partial charge in [-0.2, -0.15) is 24.6 Å². The maximum absolute atomic E-state index is 3.72. The van der Waals surface area contributed by atoms with Crippen molar-refractivity contribution in [3.05, 3.63) is 42.8 Å². The van der Waals surface area contributed by atoms with Gasteiger partial charge in [0.2, 0.25) is 0 Å². The molecule has 0 aliphatic carbocycles. The van der Waals surface area contributed by atoms with Crippen molar-refractivity contribution in [2.24, 2.45) is 0 Å². The molecule has 0 aromatic heterocycles. The zero-order chi connectivity index (χ0) is 5.11. The third-order valence-corrected chi connectivity index (χ3v) is 0.843. The standard InChI is InChI=1S/C7H7.Mg.H/c1-7-5-3-2-4-6-7;;/h2-6H,1H2;;/q-1;+2;-1. The number of hydrogen-bond donors (Lipinski definition) is 0. The number of benzene rings is 1. The molecule has 1 aromatic carbocycles. The van der Waals surface area contributed by atoms with Gasteiger partial charge in [-0.05, 0) is 0 Å². The summed E-state index contributed by atoms with van der Waals surface area (Å²) in [7, 11) is 0. The van der Waals surface area contributed by atoms with Crippen LogP contribution in [-0.2, 0) is 0 Å². The topological polar surface area (TPSA) is 0 Å². The van der Waals surface area contributed by atoms with Gasteiger partial charge in [-0.3, -0.25) is 0 Å². The van der Waals surface area contributed by atoms with E-state index in [9.17, 15) is 0 Å². The second-order valence-electron chi connectivity index (χ2n) is 1.49. The van der Waals surface area contributed by atoms with E-state index in [-0.39, 0.29) is 24.5 Å². The average Bonchev–Trinajstić information content (AvgIpc) is 1.69. The molecule has 0 bridgehead atoms. The predicted molar refractivity (Wildman–Crippen MR) is 37.8 cm³/mol. The molecule has 0 unspecified atom stereocenters. The summed E-state index contributed by atoms with van der Waals surface area (Å²) in [6, 6.07) is 9.87. The summed E-state index contributed by atoms with van der Waals surface area (Å²) >= 11 is 0. The van der Waals surface area contributed by atoms with E-state index in [1.54, 1.807) is 0 Å². The first-order chi connectivity index (χ1) is 3.39. The first-order valence-electron chi connectivity index (χ1n) is 2.26. The second kappa shape index (κ2) is 3.81. The second-order valence-corrected chi connectivity index (χ2v) is 1.49. The van der Waals surface area contributed by atoms with Crippen molar-refractivity contribution >= 4 is 23.1 Å². The van der Waals surface area contributed by atoms with E-state index in [2.05, 4.69) is 6.92 Å². The monoisotopic (exact) mass is 116 g/mol. The van der Waals surface area contributed by atoms with Gasteiger partial charge in [0.15, 0.2) is 0 Å². The van der Waals surface area contributed by atoms with Crippen molar-refractivity contribution in [2.75, 3.05) is 0 Å². The van der Waals surface area contributed by atoms with E-state index in [0.29, 0.717) is 0 Å². The van der Waals surface area contributed by atoms with Crippen LogP contribution >= 0.6 is 0 Å². The Morgan fingerprint density at radius 3 is 1.88 bits per heavy atom. The Balaban J connectivity index is 0. The van der Waals surface area contributed by atoms with Crippen molar-refractivity contribution in [3.8, 4) is 0 Å². The molecule has 0 heterocycles. The number of hydrogen-bond acceptors (Lipinski definition) is 0. The minimum Gasteiger partial charge on any atom is -1.00 e. The Morgan fingerprint density at radius 1 is 1.12 bits per heavy atom. The maximum Gasteiger partial charge on any atom is 2.00 e. The quantitative estimate of drug-likeness (QED) is 0.357. The van der Waals surface area contributed by atoms with Crippen molar-refractivity contribution in [2.45, 2.75) is 0 Å². The van der Waals surface area contributed by atoms with E-state index < -0.39 is 0 Å². The third-order valence-electron chi connectivity index (χ3n) is 0.843. The first-order valence-corrected chi connectivity index (χ1v) is 2.26. The van der Waals surface area contributed by atoms with Crippen molar-refractivity contribution in [3.63, 3.8) is 0 Å². The van der Waals surface area contributed by atoms with Crippen molar-refractivity contribution in [1.29, 1.82) is 0 Å². The summed E-state index contributed by atoms with van der Waals surface area (Å²) < 4.78 is 0. The molecule has 0 amide bonds. The molecule has 0 atom stereocenters. The smallest absolute Gasteiger partial charge is 1.00 e. The van der Waals surface area contributed by atoms with Gasteiger partial charge in [0.1, 0.15) is 0 Å². The first kappa shape index (κ1) is 7.86. The van der Waals surface area contributed by atoms with E-state index in [4.69, 9.17) is 0 Å². The van der Waals surface area contributed by atoms with Crippen LogP contribution in [-0.4, -0.2) is 23.1 Å². The fourth-order valence-corrected chi connectivity index (χ4v) is 0.478. The third kappa shape index (κ3) is 2.24. The van der Waals surface area contributed by atoms with Crippen LogP contribution in [0.25, 0.3) is 0 Å². The van der Waals surface area contributed by atoms with E-state index in [1.165, 1.54) is 0 Å². The van der Waals surface area contributed by atoms with Crippen LogP contribution in [0.2, 0.25) is 0 Å². The SMILES string of the molecule is [CH2-]c1ccccc1.[H-].[Mg+2]. The van der Waals surface area contributed by atoms with Gasteiger partial charge in [0.25, 0.3) is 0 Å². The summed E-state index contributed by atoms with van der Waals surface area (Å²) in [6.45, 7) is 3.72. The Kier molecular flexibility index (Phi) is 3.74. The normalized spacial score (nSPS) is 7.50. The molecule has 0 N–H and O–H groups in total. The molecular weight excluding hydrogens is 108 g/mol. The molecule has 0 radical (unpaired) electrons. The van der Waals surface area contributed by atoms with Crippen LogP contribution in [0.5, 0.6) is 0 Å². The van der Waals surface area contributed by atoms with Crippen LogP contribution in [0.1, 0.15) is 6.99 Å². The minimum atomic E-state index is 0. The molecule has 0 fully saturated rings. The molecule has 0 aliphatic rings. The van der Waals surface area contributed by atoms with Crippen molar-refractivity contribution in [1.82, 2.24) is 0 Å². The summed E-state index contributed by atoms with van der Waals surface area (Å²) in [5.41, 5.74) is 1.07. The molecule has 38 valence electrons. The van der Waals surface area contributed by atoms with Gasteiger partial charge < -0.3 is 1.43 Å². The summed E-state index contributed by atoms with van der Waals surface area (Å²) in [6.07, 6.45) is 0. The van der Waals surface area contributed by atoms with Gasteiger partial charge in [-0.25, -0.2) is 0 Å². The minimum absolute atomic E-state index is 0. The average molecular weight is 116 g/mol. The molecule has 0 saturated heterocycles. The van der Waals surface area contributed by atoms with Gasteiger partial charge in [0.05, 0.1) is 0 Å². The zero-order valence-electron chi connectivity index (χ0n) is 5.80. The van der Waals surface area contributed by atoms with Crippen LogP contribution < -0.4 is 0 Å². The number of rotatable bonds is 0. The Hall–Kier alpha value is -0.144. The predicted octanol–water partition coefficient (Wildman–Crippen LogP) is 1.60. The fraction of sp³-hybridized carbons (Fsp3) is 0. The molecular formula is C7H8Mg. The molecule has 0 aliphatic heterocycles. The Morgan fingerprint density at radius 2 is 1.62 bits per heavy atom. The maximum atomic E-state index is 3.72. The molecule has 0 saturated carbocycles. The van der Waals surface area contributed by atoms with Crippen LogP contribution in [0.3, 0.4) is 0 Å². The molecule has 1 aromatic rings. The largest absolute Gasteiger partial charge is 2.00 e. The van der Waals surface area contributed by atoms with Crippen molar-refractivity contribution < 1.29 is 1.43 Å². The summed E-state index contributed by atoms with van der Waals surface area (Å²) in [5.74, 6) is 0. The molecule has 8 heavy (non-hydrogen) atoms. The van der Waals surface area contributed by atoms with Gasteiger partial charge in [-0.15, -0.1) is 12.1 Å². The molecule has 0 spiro atoms. The molecule has 1 rings (SSSR count). The Labute approximate surface area is 67.6 Å². The van der Waals surface area contributed by atoms with E-state index >= 15 is 0 Å². The Bertz CT molecular complexity index is 139. The summed E-state index contributed by atoms with van der Waals surface area (Å²) in [5, 5.41) is 0. The van der Waals surface area contributed by atoms with Crippen LogP contribution in [0, 0.1) is 6.92 Å². The van der Waals surface area contributed by atoms with Gasteiger partial charge in [0, 0.05) is 0 Å². The van der Waals surface area contributed by atoms with Gasteiger partial charge in [-0.1, -0.05) is 6.07 Å². The van der Waals surface area contributed by atoms with E-state index in [1.807, 2.05) is 30.3 Å². The van der Waals surface area contributed by atoms with Crippen LogP contribution in [0.15, 0.2) is 30.3 Å². The van der Waals surface area contributed by atoms with Crippen LogP contribution in [0.4, 0.5) is 0 Å².